The molecule has 0 saturated heterocycles. The van der Waals surface area contributed by atoms with Crippen LogP contribution in [-0.4, -0.2) is 20.5 Å². The molecule has 0 radical (unpaired) electrons. The summed E-state index contributed by atoms with van der Waals surface area (Å²) < 4.78 is 1.56. The average molecular weight is 316 g/mol. The maximum atomic E-state index is 11.6. The molecule has 1 amide bonds. The zero-order valence-corrected chi connectivity index (χ0v) is 12.6. The lowest BCUT2D eigenvalue weighted by Crippen LogP contribution is -2.12. The molecule has 0 aliphatic rings. The largest absolute Gasteiger partial charge is 0.293 e. The number of nitrogens with zero attached hydrogens (tertiary/aromatic N) is 5. The van der Waals surface area contributed by atoms with Crippen LogP contribution in [0.1, 0.15) is 18.4 Å². The molecule has 3 rings (SSSR count). The highest BCUT2D eigenvalue weighted by molar-refractivity contribution is 5.89. The number of aromatic nitrogens is 3. The molecule has 0 aliphatic heterocycles. The molecule has 7 nitrogen and oxygen atoms in total. The second kappa shape index (κ2) is 6.59. The number of pyridine rings is 1. The highest BCUT2D eigenvalue weighted by atomic mass is 16.1. The van der Waals surface area contributed by atoms with Crippen molar-refractivity contribution in [2.75, 3.05) is 5.32 Å². The van der Waals surface area contributed by atoms with Gasteiger partial charge >= 0.3 is 0 Å². The molecule has 0 atom stereocenters. The highest BCUT2D eigenvalue weighted by Crippen LogP contribution is 2.21. The van der Waals surface area contributed by atoms with E-state index >= 15 is 0 Å². The Morgan fingerprint density at radius 2 is 2.08 bits per heavy atom. The average Bonchev–Trinajstić information content (AvgIpc) is 3.01. The molecule has 0 spiro atoms. The molecule has 1 aromatic carbocycles. The summed E-state index contributed by atoms with van der Waals surface area (Å²) in [5.41, 5.74) is 2.94. The molecular weight excluding hydrogens is 304 g/mol. The van der Waals surface area contributed by atoms with Crippen molar-refractivity contribution < 1.29 is 4.79 Å². The van der Waals surface area contributed by atoms with Crippen LogP contribution in [0.5, 0.6) is 0 Å². The monoisotopic (exact) mass is 316 g/mol. The van der Waals surface area contributed by atoms with Crippen LogP contribution in [0.4, 0.5) is 5.95 Å². The Balaban J connectivity index is 1.88. The molecule has 7 heteroatoms. The van der Waals surface area contributed by atoms with Crippen LogP contribution < -0.4 is 5.32 Å². The normalized spacial score (nSPS) is 10.1. The van der Waals surface area contributed by atoms with Crippen molar-refractivity contribution in [3.63, 3.8) is 0 Å². The van der Waals surface area contributed by atoms with E-state index in [2.05, 4.69) is 21.5 Å². The first kappa shape index (κ1) is 15.2. The predicted octanol–water partition coefficient (Wildman–Crippen LogP) is 2.51. The van der Waals surface area contributed by atoms with Gasteiger partial charge in [-0.25, -0.2) is 4.52 Å². The summed E-state index contributed by atoms with van der Waals surface area (Å²) >= 11 is 0. The minimum absolute atomic E-state index is 0.109. The van der Waals surface area contributed by atoms with Gasteiger partial charge in [-0.05, 0) is 29.8 Å². The number of amides is 1. The van der Waals surface area contributed by atoms with Crippen LogP contribution >= 0.6 is 0 Å². The molecule has 24 heavy (non-hydrogen) atoms. The van der Waals surface area contributed by atoms with Crippen LogP contribution in [0, 0.1) is 22.7 Å². The van der Waals surface area contributed by atoms with E-state index < -0.39 is 0 Å². The Hall–Kier alpha value is -3.71. The van der Waals surface area contributed by atoms with Crippen molar-refractivity contribution in [2.45, 2.75) is 12.8 Å². The summed E-state index contributed by atoms with van der Waals surface area (Å²) in [4.78, 5) is 15.8. The first-order chi connectivity index (χ1) is 11.7. The van der Waals surface area contributed by atoms with Gasteiger partial charge < -0.3 is 0 Å². The first-order valence-electron chi connectivity index (χ1n) is 7.23. The zero-order valence-electron chi connectivity index (χ0n) is 12.6. The van der Waals surface area contributed by atoms with E-state index in [9.17, 15) is 4.79 Å². The number of nitriles is 2. The molecule has 2 heterocycles. The number of rotatable bonds is 4. The van der Waals surface area contributed by atoms with Crippen molar-refractivity contribution in [3.05, 3.63) is 48.2 Å². The van der Waals surface area contributed by atoms with Gasteiger partial charge in [0.05, 0.1) is 17.7 Å². The number of anilines is 1. The summed E-state index contributed by atoms with van der Waals surface area (Å²) in [5.74, 6) is -0.102. The van der Waals surface area contributed by atoms with E-state index in [1.54, 1.807) is 28.9 Å². The fourth-order valence-corrected chi connectivity index (χ4v) is 2.23. The zero-order chi connectivity index (χ0) is 16.9. The minimum atomic E-state index is -0.297. The molecule has 2 aromatic heterocycles. The van der Waals surface area contributed by atoms with Gasteiger partial charge in [-0.2, -0.15) is 15.5 Å². The summed E-state index contributed by atoms with van der Waals surface area (Å²) in [5, 5.41) is 24.3. The van der Waals surface area contributed by atoms with Gasteiger partial charge in [-0.15, -0.1) is 5.10 Å². The van der Waals surface area contributed by atoms with Gasteiger partial charge in [0.1, 0.15) is 0 Å². The smallest absolute Gasteiger partial charge is 0.249 e. The van der Waals surface area contributed by atoms with Crippen molar-refractivity contribution in [2.24, 2.45) is 0 Å². The van der Waals surface area contributed by atoms with E-state index in [-0.39, 0.29) is 24.7 Å². The third kappa shape index (κ3) is 3.21. The summed E-state index contributed by atoms with van der Waals surface area (Å²) in [6.45, 7) is 0. The molecule has 0 aliphatic carbocycles. The molecule has 0 bridgehead atoms. The lowest BCUT2D eigenvalue weighted by Gasteiger charge is -2.02. The maximum Gasteiger partial charge on any atom is 0.249 e. The lowest BCUT2D eigenvalue weighted by atomic mass is 10.1. The third-order valence-electron chi connectivity index (χ3n) is 3.37. The SMILES string of the molecule is N#CCCC(=O)Nc1nc2ccc(-c3cccc(C#N)c3)cn2n1. The van der Waals surface area contributed by atoms with E-state index in [0.717, 1.165) is 11.1 Å². The molecular formula is C17H12N6O. The van der Waals surface area contributed by atoms with E-state index in [1.807, 2.05) is 24.3 Å². The second-order valence-corrected chi connectivity index (χ2v) is 5.05. The summed E-state index contributed by atoms with van der Waals surface area (Å²) in [6, 6.07) is 15.0. The Labute approximate surface area is 137 Å². The van der Waals surface area contributed by atoms with Crippen LogP contribution in [0.25, 0.3) is 16.8 Å². The number of hydrogen-bond donors (Lipinski definition) is 1. The highest BCUT2D eigenvalue weighted by Gasteiger charge is 2.09. The maximum absolute atomic E-state index is 11.6. The van der Waals surface area contributed by atoms with Crippen LogP contribution in [0.15, 0.2) is 42.6 Å². The minimum Gasteiger partial charge on any atom is -0.293 e. The van der Waals surface area contributed by atoms with Crippen LogP contribution in [-0.2, 0) is 4.79 Å². The number of carbonyl (C=O) groups excluding carboxylic acids is 1. The van der Waals surface area contributed by atoms with Gasteiger partial charge in [0.25, 0.3) is 0 Å². The number of nitrogens with one attached hydrogen (secondary N) is 1. The van der Waals surface area contributed by atoms with E-state index in [1.165, 1.54) is 0 Å². The topological polar surface area (TPSA) is 107 Å². The Bertz CT molecular complexity index is 992. The van der Waals surface area contributed by atoms with Crippen molar-refractivity contribution in [3.8, 4) is 23.3 Å². The van der Waals surface area contributed by atoms with E-state index in [0.29, 0.717) is 11.2 Å². The Morgan fingerprint density at radius 1 is 1.21 bits per heavy atom. The fraction of sp³-hybridized carbons (Fsp3) is 0.118. The molecule has 1 N–H and O–H groups in total. The van der Waals surface area contributed by atoms with Crippen molar-refractivity contribution in [1.29, 1.82) is 10.5 Å². The van der Waals surface area contributed by atoms with Gasteiger partial charge in [0, 0.05) is 24.6 Å². The molecule has 0 unspecified atom stereocenters. The summed E-state index contributed by atoms with van der Waals surface area (Å²) in [7, 11) is 0. The van der Waals surface area contributed by atoms with Gasteiger partial charge in [0.2, 0.25) is 11.9 Å². The molecule has 0 saturated carbocycles. The molecule has 116 valence electrons. The lowest BCUT2D eigenvalue weighted by molar-refractivity contribution is -0.116. The van der Waals surface area contributed by atoms with Gasteiger partial charge in [0.15, 0.2) is 5.65 Å². The van der Waals surface area contributed by atoms with Crippen LogP contribution in [0.2, 0.25) is 0 Å². The molecule has 0 fully saturated rings. The summed E-state index contributed by atoms with van der Waals surface area (Å²) in [6.07, 6.45) is 2.04. The standard InChI is InChI=1S/C17H12N6O/c18-8-2-5-16(24)21-17-20-15-7-6-14(11-23(15)22-17)13-4-1-3-12(9-13)10-19/h1,3-4,6-7,9,11H,2,5H2,(H,21,22,24). The number of carbonyl (C=O) groups is 1. The predicted molar refractivity (Wildman–Crippen MR) is 86.6 cm³/mol. The van der Waals surface area contributed by atoms with E-state index in [4.69, 9.17) is 10.5 Å². The first-order valence-corrected chi connectivity index (χ1v) is 7.23. The number of benzene rings is 1. The van der Waals surface area contributed by atoms with Crippen molar-refractivity contribution >= 4 is 17.5 Å². The van der Waals surface area contributed by atoms with Gasteiger partial charge in [-0.3, -0.25) is 10.1 Å². The number of fused-ring (bicyclic) bond motifs is 1. The number of hydrogen-bond acceptors (Lipinski definition) is 5. The third-order valence-corrected chi connectivity index (χ3v) is 3.37. The van der Waals surface area contributed by atoms with Crippen LogP contribution in [0.3, 0.4) is 0 Å². The Kier molecular flexibility index (Phi) is 4.17. The van der Waals surface area contributed by atoms with Crippen molar-refractivity contribution in [1.82, 2.24) is 14.6 Å². The van der Waals surface area contributed by atoms with Gasteiger partial charge in [-0.1, -0.05) is 12.1 Å². The Morgan fingerprint density at radius 3 is 2.88 bits per heavy atom. The quantitative estimate of drug-likeness (QED) is 0.795. The fourth-order valence-electron chi connectivity index (χ4n) is 2.23. The molecule has 3 aromatic rings. The second-order valence-electron chi connectivity index (χ2n) is 5.05.